The molecule has 0 aliphatic carbocycles. The van der Waals surface area contributed by atoms with E-state index in [2.05, 4.69) is 40.2 Å². The van der Waals surface area contributed by atoms with Gasteiger partial charge in [-0.1, -0.05) is 18.2 Å². The molecule has 3 rings (SSSR count). The van der Waals surface area contributed by atoms with Gasteiger partial charge in [0.15, 0.2) is 0 Å². The van der Waals surface area contributed by atoms with Gasteiger partial charge in [0.05, 0.1) is 11.9 Å². The van der Waals surface area contributed by atoms with Crippen molar-refractivity contribution in [1.29, 1.82) is 0 Å². The van der Waals surface area contributed by atoms with Gasteiger partial charge in [0.1, 0.15) is 0 Å². The fourth-order valence-electron chi connectivity index (χ4n) is 2.74. The van der Waals surface area contributed by atoms with Gasteiger partial charge in [0, 0.05) is 18.4 Å². The van der Waals surface area contributed by atoms with Crippen LogP contribution in [0.3, 0.4) is 0 Å². The molecule has 2 aromatic rings. The van der Waals surface area contributed by atoms with Crippen molar-refractivity contribution in [2.45, 2.75) is 19.3 Å². The molecule has 19 heavy (non-hydrogen) atoms. The Kier molecular flexibility index (Phi) is 3.47. The second-order valence-electron chi connectivity index (χ2n) is 4.93. The van der Waals surface area contributed by atoms with Crippen LogP contribution in [-0.4, -0.2) is 18.1 Å². The zero-order valence-corrected chi connectivity index (χ0v) is 11.0. The Balaban J connectivity index is 2.08. The highest BCUT2D eigenvalue weighted by atomic mass is 15.1. The third-order valence-corrected chi connectivity index (χ3v) is 3.71. The monoisotopic (exact) mass is 253 g/mol. The van der Waals surface area contributed by atoms with Gasteiger partial charge in [0.25, 0.3) is 0 Å². The lowest BCUT2D eigenvalue weighted by atomic mass is 10.1. The number of aryl methyl sites for hydroxylation is 2. The lowest BCUT2D eigenvalue weighted by Gasteiger charge is -2.26. The average molecular weight is 253 g/mol. The van der Waals surface area contributed by atoms with Gasteiger partial charge in [-0.15, -0.1) is 0 Å². The molecule has 2 N–H and O–H groups in total. The first-order valence-electron chi connectivity index (χ1n) is 6.88. The normalized spacial score (nSPS) is 13.6. The number of nitrogens with zero attached hydrogens (tertiary/aromatic N) is 2. The number of hydrogen-bond donors (Lipinski definition) is 1. The Labute approximate surface area is 114 Å². The summed E-state index contributed by atoms with van der Waals surface area (Å²) >= 11 is 0. The Hall–Kier alpha value is -1.87. The number of benzene rings is 1. The Morgan fingerprint density at radius 1 is 1.05 bits per heavy atom. The molecule has 0 unspecified atom stereocenters. The van der Waals surface area contributed by atoms with Gasteiger partial charge in [-0.2, -0.15) is 0 Å². The highest BCUT2D eigenvalue weighted by Crippen LogP contribution is 2.35. The molecule has 1 aliphatic rings. The zero-order chi connectivity index (χ0) is 13.1. The van der Waals surface area contributed by atoms with Crippen molar-refractivity contribution in [3.8, 4) is 0 Å². The molecule has 1 aromatic carbocycles. The summed E-state index contributed by atoms with van der Waals surface area (Å²) in [5.41, 5.74) is 11.0. The second-order valence-corrected chi connectivity index (χ2v) is 4.93. The van der Waals surface area contributed by atoms with Gasteiger partial charge < -0.3 is 10.6 Å². The van der Waals surface area contributed by atoms with Crippen molar-refractivity contribution in [1.82, 2.24) is 4.98 Å². The first kappa shape index (κ1) is 12.2. The fourth-order valence-corrected chi connectivity index (χ4v) is 2.74. The quantitative estimate of drug-likeness (QED) is 0.914. The van der Waals surface area contributed by atoms with Crippen LogP contribution in [0.1, 0.15) is 17.5 Å². The van der Waals surface area contributed by atoms with Gasteiger partial charge in [-0.25, -0.2) is 0 Å². The minimum Gasteiger partial charge on any atom is -0.340 e. The van der Waals surface area contributed by atoms with E-state index in [-0.39, 0.29) is 0 Å². The van der Waals surface area contributed by atoms with Gasteiger partial charge in [-0.3, -0.25) is 4.98 Å². The molecule has 3 heteroatoms. The van der Waals surface area contributed by atoms with Crippen molar-refractivity contribution in [3.05, 3.63) is 53.9 Å². The van der Waals surface area contributed by atoms with Gasteiger partial charge in [0.2, 0.25) is 0 Å². The molecule has 1 aromatic heterocycles. The number of para-hydroxylation sites is 1. The number of rotatable bonds is 3. The Bertz CT molecular complexity index is 518. The molecule has 0 saturated carbocycles. The molecule has 1 aliphatic heterocycles. The third kappa shape index (κ3) is 2.34. The topological polar surface area (TPSA) is 42.1 Å². The van der Waals surface area contributed by atoms with Crippen molar-refractivity contribution in [3.63, 3.8) is 0 Å². The summed E-state index contributed by atoms with van der Waals surface area (Å²) in [4.78, 5) is 6.67. The van der Waals surface area contributed by atoms with Crippen LogP contribution in [0, 0.1) is 0 Å². The second kappa shape index (κ2) is 5.41. The minimum atomic E-state index is 0.717. The fraction of sp³-hybridized carbons (Fsp3) is 0.312. The molecule has 0 fully saturated rings. The van der Waals surface area contributed by atoms with E-state index in [9.17, 15) is 0 Å². The van der Waals surface area contributed by atoms with Crippen LogP contribution in [0.4, 0.5) is 11.4 Å². The van der Waals surface area contributed by atoms with E-state index in [4.69, 9.17) is 5.73 Å². The molecule has 2 heterocycles. The van der Waals surface area contributed by atoms with Gasteiger partial charge in [-0.05, 0) is 49.1 Å². The average Bonchev–Trinajstić information content (AvgIpc) is 2.62. The van der Waals surface area contributed by atoms with Crippen LogP contribution in [0.2, 0.25) is 0 Å². The van der Waals surface area contributed by atoms with Crippen LogP contribution >= 0.6 is 0 Å². The molecule has 3 nitrogen and oxygen atoms in total. The van der Waals surface area contributed by atoms with Crippen LogP contribution in [0.5, 0.6) is 0 Å². The molecular weight excluding hydrogens is 234 g/mol. The minimum absolute atomic E-state index is 0.717. The summed E-state index contributed by atoms with van der Waals surface area (Å²) in [7, 11) is 0. The van der Waals surface area contributed by atoms with Crippen molar-refractivity contribution in [2.75, 3.05) is 18.0 Å². The first-order chi connectivity index (χ1) is 9.40. The lowest BCUT2D eigenvalue weighted by Crippen LogP contribution is -2.22. The maximum absolute atomic E-state index is 5.68. The smallest absolute Gasteiger partial charge is 0.0629 e. The Morgan fingerprint density at radius 2 is 1.84 bits per heavy atom. The molecular formula is C16H19N3. The highest BCUT2D eigenvalue weighted by molar-refractivity contribution is 5.70. The summed E-state index contributed by atoms with van der Waals surface area (Å²) < 4.78 is 0. The van der Waals surface area contributed by atoms with Crippen molar-refractivity contribution >= 4 is 11.4 Å². The number of pyridine rings is 1. The largest absolute Gasteiger partial charge is 0.340 e. The summed E-state index contributed by atoms with van der Waals surface area (Å²) in [5.74, 6) is 0. The molecule has 0 amide bonds. The number of aromatic nitrogens is 1. The van der Waals surface area contributed by atoms with Crippen LogP contribution in [0.25, 0.3) is 0 Å². The summed E-state index contributed by atoms with van der Waals surface area (Å²) in [5, 5.41) is 0. The molecule has 98 valence electrons. The number of fused-ring (bicyclic) bond motifs is 2. The van der Waals surface area contributed by atoms with E-state index >= 15 is 0 Å². The van der Waals surface area contributed by atoms with Crippen molar-refractivity contribution in [2.24, 2.45) is 5.73 Å². The van der Waals surface area contributed by atoms with E-state index in [0.29, 0.717) is 6.54 Å². The molecule has 0 saturated heterocycles. The van der Waals surface area contributed by atoms with Crippen LogP contribution < -0.4 is 10.6 Å². The number of hydrogen-bond acceptors (Lipinski definition) is 3. The standard InChI is InChI=1S/C16H19N3/c17-9-3-11-19-15-5-2-1-4-13(15)6-7-14-8-10-18-12-16(14)19/h1-2,4-5,8,10,12H,3,6-7,9,11,17H2. The van der Waals surface area contributed by atoms with E-state index in [0.717, 1.165) is 25.8 Å². The summed E-state index contributed by atoms with van der Waals surface area (Å²) in [6.07, 6.45) is 7.02. The predicted octanol–water partition coefficient (Wildman–Crippen LogP) is 2.67. The summed E-state index contributed by atoms with van der Waals surface area (Å²) in [6, 6.07) is 10.8. The van der Waals surface area contributed by atoms with E-state index < -0.39 is 0 Å². The Morgan fingerprint density at radius 3 is 2.68 bits per heavy atom. The molecule has 0 radical (unpaired) electrons. The number of anilines is 2. The van der Waals surface area contributed by atoms with Crippen LogP contribution in [-0.2, 0) is 12.8 Å². The molecule has 0 atom stereocenters. The van der Waals surface area contributed by atoms with E-state index in [1.807, 2.05) is 12.4 Å². The maximum atomic E-state index is 5.68. The van der Waals surface area contributed by atoms with E-state index in [1.54, 1.807) is 0 Å². The SMILES string of the molecule is NCCCN1c2ccccc2CCc2ccncc21. The maximum Gasteiger partial charge on any atom is 0.0629 e. The lowest BCUT2D eigenvalue weighted by molar-refractivity contribution is 0.815. The predicted molar refractivity (Wildman–Crippen MR) is 78.8 cm³/mol. The highest BCUT2D eigenvalue weighted by Gasteiger charge is 2.19. The number of nitrogens with two attached hydrogens (primary N) is 1. The van der Waals surface area contributed by atoms with E-state index in [1.165, 1.54) is 22.5 Å². The zero-order valence-electron chi connectivity index (χ0n) is 11.0. The molecule has 0 spiro atoms. The van der Waals surface area contributed by atoms with Crippen LogP contribution in [0.15, 0.2) is 42.7 Å². The van der Waals surface area contributed by atoms with Crippen molar-refractivity contribution < 1.29 is 0 Å². The van der Waals surface area contributed by atoms with Gasteiger partial charge >= 0.3 is 0 Å². The summed E-state index contributed by atoms with van der Waals surface area (Å²) in [6.45, 7) is 1.67. The third-order valence-electron chi connectivity index (χ3n) is 3.71. The molecule has 0 bridgehead atoms. The first-order valence-corrected chi connectivity index (χ1v) is 6.88.